The Bertz CT molecular complexity index is 306. The van der Waals surface area contributed by atoms with Gasteiger partial charge < -0.3 is 5.73 Å². The Balaban J connectivity index is 2.72. The SMILES string of the molecule is CC(C(N)C1=CCCC1)S(C)(=O)=O. The molecular formula is C9H17NO2S. The van der Waals surface area contributed by atoms with Gasteiger partial charge in [0.05, 0.1) is 5.25 Å². The molecule has 0 aromatic heterocycles. The van der Waals surface area contributed by atoms with Crippen molar-refractivity contribution in [2.24, 2.45) is 5.73 Å². The maximum absolute atomic E-state index is 11.2. The third kappa shape index (κ3) is 2.54. The molecule has 0 aliphatic heterocycles. The number of sulfone groups is 1. The molecule has 1 aliphatic carbocycles. The van der Waals surface area contributed by atoms with E-state index < -0.39 is 15.1 Å². The smallest absolute Gasteiger partial charge is 0.151 e. The molecule has 1 rings (SSSR count). The predicted octanol–water partition coefficient (Wildman–Crippen LogP) is 0.857. The minimum absolute atomic E-state index is 0.308. The monoisotopic (exact) mass is 203 g/mol. The molecule has 3 nitrogen and oxygen atoms in total. The van der Waals surface area contributed by atoms with Crippen LogP contribution in [0.15, 0.2) is 11.6 Å². The molecule has 0 amide bonds. The summed E-state index contributed by atoms with van der Waals surface area (Å²) in [7, 11) is -3.01. The summed E-state index contributed by atoms with van der Waals surface area (Å²) in [5, 5.41) is -0.461. The molecular weight excluding hydrogens is 186 g/mol. The summed E-state index contributed by atoms with van der Waals surface area (Å²) >= 11 is 0. The van der Waals surface area contributed by atoms with Crippen molar-refractivity contribution in [3.8, 4) is 0 Å². The highest BCUT2D eigenvalue weighted by Gasteiger charge is 2.26. The summed E-state index contributed by atoms with van der Waals surface area (Å²) in [5.74, 6) is 0. The van der Waals surface area contributed by atoms with E-state index in [0.29, 0.717) is 0 Å². The zero-order valence-electron chi connectivity index (χ0n) is 8.16. The predicted molar refractivity (Wildman–Crippen MR) is 54.2 cm³/mol. The quantitative estimate of drug-likeness (QED) is 0.692. The lowest BCUT2D eigenvalue weighted by Crippen LogP contribution is -2.39. The van der Waals surface area contributed by atoms with Crippen LogP contribution in [0.25, 0.3) is 0 Å². The Morgan fingerprint density at radius 2 is 2.15 bits per heavy atom. The maximum Gasteiger partial charge on any atom is 0.151 e. The molecule has 0 saturated heterocycles. The van der Waals surface area contributed by atoms with Crippen LogP contribution in [0.2, 0.25) is 0 Å². The van der Waals surface area contributed by atoms with E-state index in [1.54, 1.807) is 6.92 Å². The second kappa shape index (κ2) is 3.80. The van der Waals surface area contributed by atoms with Crippen LogP contribution in [0.1, 0.15) is 26.2 Å². The molecule has 13 heavy (non-hydrogen) atoms. The summed E-state index contributed by atoms with van der Waals surface area (Å²) < 4.78 is 22.4. The lowest BCUT2D eigenvalue weighted by Gasteiger charge is -2.19. The van der Waals surface area contributed by atoms with Crippen molar-refractivity contribution in [2.45, 2.75) is 37.5 Å². The summed E-state index contributed by atoms with van der Waals surface area (Å²) in [4.78, 5) is 0. The first-order chi connectivity index (χ1) is 5.93. The molecule has 0 aromatic rings. The Morgan fingerprint density at radius 1 is 1.54 bits per heavy atom. The molecule has 0 bridgehead atoms. The summed E-state index contributed by atoms with van der Waals surface area (Å²) in [6.07, 6.45) is 6.43. The number of rotatable bonds is 3. The second-order valence-corrected chi connectivity index (χ2v) is 6.13. The average molecular weight is 203 g/mol. The van der Waals surface area contributed by atoms with E-state index in [2.05, 4.69) is 6.08 Å². The highest BCUT2D eigenvalue weighted by molar-refractivity contribution is 7.91. The lowest BCUT2D eigenvalue weighted by atomic mass is 10.1. The number of nitrogens with two attached hydrogens (primary N) is 1. The highest BCUT2D eigenvalue weighted by atomic mass is 32.2. The highest BCUT2D eigenvalue weighted by Crippen LogP contribution is 2.23. The largest absolute Gasteiger partial charge is 0.323 e. The average Bonchev–Trinajstić information content (AvgIpc) is 2.51. The molecule has 0 saturated carbocycles. The van der Waals surface area contributed by atoms with Gasteiger partial charge in [0.25, 0.3) is 0 Å². The fourth-order valence-corrected chi connectivity index (χ4v) is 2.27. The molecule has 0 heterocycles. The Labute approximate surface area is 79.9 Å². The maximum atomic E-state index is 11.2. The number of hydrogen-bond acceptors (Lipinski definition) is 3. The normalized spacial score (nSPS) is 22.5. The van der Waals surface area contributed by atoms with Gasteiger partial charge in [-0.3, -0.25) is 0 Å². The van der Waals surface area contributed by atoms with Gasteiger partial charge in [-0.05, 0) is 26.2 Å². The van der Waals surface area contributed by atoms with Crippen LogP contribution < -0.4 is 5.73 Å². The fraction of sp³-hybridized carbons (Fsp3) is 0.778. The zero-order valence-corrected chi connectivity index (χ0v) is 8.97. The zero-order chi connectivity index (χ0) is 10.1. The summed E-state index contributed by atoms with van der Waals surface area (Å²) in [6.45, 7) is 1.68. The molecule has 2 atom stereocenters. The molecule has 0 spiro atoms. The minimum Gasteiger partial charge on any atom is -0.323 e. The second-order valence-electron chi connectivity index (χ2n) is 3.73. The lowest BCUT2D eigenvalue weighted by molar-refractivity contribution is 0.576. The molecule has 1 aliphatic rings. The van der Waals surface area contributed by atoms with Gasteiger partial charge >= 0.3 is 0 Å². The van der Waals surface area contributed by atoms with Gasteiger partial charge in [-0.2, -0.15) is 0 Å². The number of hydrogen-bond donors (Lipinski definition) is 1. The summed E-state index contributed by atoms with van der Waals surface area (Å²) in [6, 6.07) is -0.308. The molecule has 4 heteroatoms. The Morgan fingerprint density at radius 3 is 2.54 bits per heavy atom. The Hall–Kier alpha value is -0.350. The van der Waals surface area contributed by atoms with Crippen molar-refractivity contribution < 1.29 is 8.42 Å². The van der Waals surface area contributed by atoms with Gasteiger partial charge in [-0.25, -0.2) is 8.42 Å². The van der Waals surface area contributed by atoms with Crippen molar-refractivity contribution in [3.05, 3.63) is 11.6 Å². The van der Waals surface area contributed by atoms with Gasteiger partial charge in [-0.1, -0.05) is 11.6 Å². The van der Waals surface area contributed by atoms with Crippen molar-refractivity contribution in [3.63, 3.8) is 0 Å². The molecule has 0 fully saturated rings. The molecule has 76 valence electrons. The van der Waals surface area contributed by atoms with Crippen LogP contribution in [-0.2, 0) is 9.84 Å². The molecule has 2 unspecified atom stereocenters. The van der Waals surface area contributed by atoms with Crippen molar-refractivity contribution in [1.82, 2.24) is 0 Å². The molecule has 0 aromatic carbocycles. The Kier molecular flexibility index (Phi) is 3.14. The van der Waals surface area contributed by atoms with Crippen LogP contribution in [0.5, 0.6) is 0 Å². The first kappa shape index (κ1) is 10.7. The van der Waals surface area contributed by atoms with Crippen molar-refractivity contribution >= 4 is 9.84 Å². The van der Waals surface area contributed by atoms with E-state index in [0.717, 1.165) is 24.8 Å². The first-order valence-corrected chi connectivity index (χ1v) is 6.52. The standard InChI is InChI=1S/C9H17NO2S/c1-7(13(2,11)12)9(10)8-5-3-4-6-8/h5,7,9H,3-4,6,10H2,1-2H3. The fourth-order valence-electron chi connectivity index (χ4n) is 1.57. The van der Waals surface area contributed by atoms with E-state index in [4.69, 9.17) is 5.73 Å². The van der Waals surface area contributed by atoms with Gasteiger partial charge in [0, 0.05) is 12.3 Å². The van der Waals surface area contributed by atoms with Gasteiger partial charge in [0.1, 0.15) is 0 Å². The molecule has 2 N–H and O–H groups in total. The van der Waals surface area contributed by atoms with Crippen LogP contribution in [0.4, 0.5) is 0 Å². The minimum atomic E-state index is -3.01. The van der Waals surface area contributed by atoms with Crippen LogP contribution in [-0.4, -0.2) is 26.0 Å². The van der Waals surface area contributed by atoms with E-state index in [1.807, 2.05) is 0 Å². The third-order valence-electron chi connectivity index (χ3n) is 2.69. The van der Waals surface area contributed by atoms with Crippen LogP contribution >= 0.6 is 0 Å². The van der Waals surface area contributed by atoms with Crippen LogP contribution in [0.3, 0.4) is 0 Å². The van der Waals surface area contributed by atoms with E-state index >= 15 is 0 Å². The third-order valence-corrected chi connectivity index (χ3v) is 4.33. The van der Waals surface area contributed by atoms with E-state index in [1.165, 1.54) is 6.26 Å². The van der Waals surface area contributed by atoms with E-state index in [9.17, 15) is 8.42 Å². The van der Waals surface area contributed by atoms with Gasteiger partial charge in [0.15, 0.2) is 9.84 Å². The van der Waals surface area contributed by atoms with Gasteiger partial charge in [0.2, 0.25) is 0 Å². The first-order valence-electron chi connectivity index (χ1n) is 4.56. The summed E-state index contributed by atoms with van der Waals surface area (Å²) in [5.41, 5.74) is 6.97. The van der Waals surface area contributed by atoms with Gasteiger partial charge in [-0.15, -0.1) is 0 Å². The topological polar surface area (TPSA) is 60.2 Å². The van der Waals surface area contributed by atoms with Crippen molar-refractivity contribution in [2.75, 3.05) is 6.26 Å². The van der Waals surface area contributed by atoms with E-state index in [-0.39, 0.29) is 6.04 Å². The van der Waals surface area contributed by atoms with Crippen LogP contribution in [0, 0.1) is 0 Å². The number of allylic oxidation sites excluding steroid dienone is 1. The molecule has 0 radical (unpaired) electrons. The van der Waals surface area contributed by atoms with Crippen molar-refractivity contribution in [1.29, 1.82) is 0 Å².